The van der Waals surface area contributed by atoms with Crippen molar-refractivity contribution in [2.24, 2.45) is 42.3 Å². The Bertz CT molecular complexity index is 2210. The maximum absolute atomic E-state index is 11.2. The highest BCUT2D eigenvalue weighted by atomic mass is 32.2. The predicted molar refractivity (Wildman–Crippen MR) is 217 cm³/mol. The molecule has 0 aliphatic rings. The van der Waals surface area contributed by atoms with E-state index in [1.54, 1.807) is 0 Å². The van der Waals surface area contributed by atoms with Gasteiger partial charge in [0.2, 0.25) is 0 Å². The number of fused-ring (bicyclic) bond motifs is 1. The molecular formula is C40H62N6O9S3. The van der Waals surface area contributed by atoms with Crippen LogP contribution in [-0.2, 0) is 91.9 Å². The molecule has 0 amide bonds. The molecule has 0 saturated heterocycles. The minimum absolute atomic E-state index is 0.310. The molecule has 0 N–H and O–H groups in total. The molecule has 0 aliphatic heterocycles. The molecule has 18 heteroatoms. The van der Waals surface area contributed by atoms with E-state index in [1.165, 1.54) is 94.5 Å². The first-order valence-electron chi connectivity index (χ1n) is 19.5. The van der Waals surface area contributed by atoms with Crippen LogP contribution in [-0.4, -0.2) is 52.6 Å². The first-order chi connectivity index (χ1) is 27.1. The lowest BCUT2D eigenvalue weighted by atomic mass is 10.1. The van der Waals surface area contributed by atoms with Crippen molar-refractivity contribution in [2.45, 2.75) is 113 Å². The molecule has 0 spiro atoms. The van der Waals surface area contributed by atoms with Crippen LogP contribution >= 0.6 is 0 Å². The summed E-state index contributed by atoms with van der Waals surface area (Å²) in [7, 11) is -2.47. The molecule has 0 unspecified atom stereocenters. The van der Waals surface area contributed by atoms with Crippen LogP contribution in [0.4, 0.5) is 0 Å². The van der Waals surface area contributed by atoms with E-state index in [2.05, 4.69) is 128 Å². The van der Waals surface area contributed by atoms with E-state index in [1.807, 2.05) is 0 Å². The number of nitrogens with zero attached hydrogens (tertiary/aromatic N) is 6. The van der Waals surface area contributed by atoms with Gasteiger partial charge in [-0.25, -0.2) is 52.7 Å². The Kier molecular flexibility index (Phi) is 19.9. The monoisotopic (exact) mass is 866 g/mol. The van der Waals surface area contributed by atoms with Gasteiger partial charge in [-0.3, -0.25) is 0 Å². The van der Waals surface area contributed by atoms with Crippen molar-refractivity contribution in [3.05, 3.63) is 85.0 Å². The van der Waals surface area contributed by atoms with E-state index >= 15 is 0 Å². The van der Waals surface area contributed by atoms with Gasteiger partial charge in [0.15, 0.2) is 0 Å². The number of benzene rings is 2. The Morgan fingerprint density at radius 2 is 0.845 bits per heavy atom. The fourth-order valence-electron chi connectivity index (χ4n) is 6.31. The average Bonchev–Trinajstić information content (AvgIpc) is 3.77. The van der Waals surface area contributed by atoms with Crippen LogP contribution < -0.4 is 13.7 Å². The summed E-state index contributed by atoms with van der Waals surface area (Å²) in [5.41, 5.74) is 0. The van der Waals surface area contributed by atoms with Crippen molar-refractivity contribution >= 4 is 41.1 Å². The second-order valence-electron chi connectivity index (χ2n) is 14.3. The molecule has 3 heterocycles. The summed E-state index contributed by atoms with van der Waals surface area (Å²) >= 11 is 0. The maximum atomic E-state index is 11.2. The number of unbranched alkanes of at least 4 members (excludes halogenated alkanes) is 6. The number of aromatic nitrogens is 6. The first kappa shape index (κ1) is 50.2. The smallest absolute Gasteiger partial charge is 0.255 e. The van der Waals surface area contributed by atoms with Gasteiger partial charge in [0, 0.05) is 19.3 Å². The average molecular weight is 867 g/mol. The number of imidazole rings is 3. The van der Waals surface area contributed by atoms with Crippen molar-refractivity contribution in [2.75, 3.05) is 0 Å². The summed E-state index contributed by atoms with van der Waals surface area (Å²) in [6, 6.07) is 3.39. The molecule has 58 heavy (non-hydrogen) atoms. The molecule has 0 aliphatic carbocycles. The van der Waals surface area contributed by atoms with Gasteiger partial charge in [-0.1, -0.05) is 65.4 Å². The van der Waals surface area contributed by atoms with Crippen LogP contribution in [0.1, 0.15) is 96.0 Å². The van der Waals surface area contributed by atoms with Crippen LogP contribution in [0.5, 0.6) is 0 Å². The van der Waals surface area contributed by atoms with E-state index in [9.17, 15) is 38.9 Å². The highest BCUT2D eigenvalue weighted by Crippen LogP contribution is 2.29. The molecule has 0 atom stereocenters. The van der Waals surface area contributed by atoms with Crippen molar-refractivity contribution in [1.82, 2.24) is 13.7 Å². The summed E-state index contributed by atoms with van der Waals surface area (Å²) in [5.74, 6) is 4.26. The van der Waals surface area contributed by atoms with Crippen molar-refractivity contribution in [3.63, 3.8) is 0 Å². The molecule has 0 bridgehead atoms. The van der Waals surface area contributed by atoms with Crippen LogP contribution in [0.25, 0.3) is 10.8 Å². The first-order valence-corrected chi connectivity index (χ1v) is 23.7. The molecule has 3 aromatic heterocycles. The summed E-state index contributed by atoms with van der Waals surface area (Å²) in [6.07, 6.45) is 28.1. The highest BCUT2D eigenvalue weighted by Gasteiger charge is 2.15. The quantitative estimate of drug-likeness (QED) is 0.0837. The minimum Gasteiger partial charge on any atom is -0.744 e. The standard InChI is InChI=1S/3C10H19N2.C10H8O9S3/c3*1-4-5-6-7-10-11(2)8-9-12(10)3;11-20(12,13)7-1-2-9-6(3-7)4-8(21(14,15)16)5-10(9)22(17,18)19/h3*8-9H,4-7H2,1-3H3;1-5H,(H,11,12,13)(H,14,15,16)(H,17,18,19)/q3*+1;/p-3. The number of rotatable bonds is 15. The summed E-state index contributed by atoms with van der Waals surface area (Å²) in [6.45, 7) is 6.72. The number of hydrogen-bond acceptors (Lipinski definition) is 9. The zero-order chi connectivity index (χ0) is 43.8. The fraction of sp³-hybridized carbons (Fsp3) is 0.525. The van der Waals surface area contributed by atoms with E-state index in [-0.39, 0.29) is 10.8 Å². The van der Waals surface area contributed by atoms with Crippen LogP contribution in [0.2, 0.25) is 0 Å². The molecule has 15 nitrogen and oxygen atoms in total. The third kappa shape index (κ3) is 15.7. The second kappa shape index (κ2) is 23.0. The molecule has 2 aromatic carbocycles. The van der Waals surface area contributed by atoms with Gasteiger partial charge in [-0.2, -0.15) is 0 Å². The molecule has 0 radical (unpaired) electrons. The lowest BCUT2D eigenvalue weighted by Gasteiger charge is -2.16. The van der Waals surface area contributed by atoms with E-state index < -0.39 is 45.0 Å². The topological polar surface area (TPSA) is 198 Å². The summed E-state index contributed by atoms with van der Waals surface area (Å²) in [4.78, 5) is -2.81. The van der Waals surface area contributed by atoms with Gasteiger partial charge in [0.05, 0.1) is 57.0 Å². The van der Waals surface area contributed by atoms with Crippen molar-refractivity contribution in [1.29, 1.82) is 0 Å². The fourth-order valence-corrected chi connectivity index (χ4v) is 8.15. The van der Waals surface area contributed by atoms with Crippen LogP contribution in [0, 0.1) is 0 Å². The summed E-state index contributed by atoms with van der Waals surface area (Å²) < 4.78 is 113. The van der Waals surface area contributed by atoms with Gasteiger partial charge in [0.25, 0.3) is 17.5 Å². The molecular weight excluding hydrogens is 805 g/mol. The lowest BCUT2D eigenvalue weighted by molar-refractivity contribution is -0.678. The van der Waals surface area contributed by atoms with Gasteiger partial charge in [-0.15, -0.1) is 0 Å². The lowest BCUT2D eigenvalue weighted by Crippen LogP contribution is -2.31. The largest absolute Gasteiger partial charge is 0.744 e. The van der Waals surface area contributed by atoms with Gasteiger partial charge < -0.3 is 13.7 Å². The predicted octanol–water partition coefficient (Wildman–Crippen LogP) is 4.30. The van der Waals surface area contributed by atoms with Crippen molar-refractivity contribution in [3.8, 4) is 0 Å². The van der Waals surface area contributed by atoms with Crippen LogP contribution in [0.3, 0.4) is 0 Å². The zero-order valence-corrected chi connectivity index (χ0v) is 37.9. The van der Waals surface area contributed by atoms with E-state index in [0.29, 0.717) is 18.2 Å². The van der Waals surface area contributed by atoms with Crippen LogP contribution in [0.15, 0.2) is 82.2 Å². The highest BCUT2D eigenvalue weighted by molar-refractivity contribution is 7.86. The van der Waals surface area contributed by atoms with Gasteiger partial charge in [0.1, 0.15) is 67.5 Å². The van der Waals surface area contributed by atoms with Gasteiger partial charge in [-0.05, 0) is 54.3 Å². The maximum Gasteiger partial charge on any atom is 0.255 e. The zero-order valence-electron chi connectivity index (χ0n) is 35.4. The Morgan fingerprint density at radius 3 is 1.12 bits per heavy atom. The molecule has 5 aromatic rings. The van der Waals surface area contributed by atoms with Crippen molar-refractivity contribution < 1.29 is 52.6 Å². The normalized spacial score (nSPS) is 11.7. The third-order valence-electron chi connectivity index (χ3n) is 9.70. The Hall–Kier alpha value is -3.94. The number of hydrogen-bond donors (Lipinski definition) is 0. The molecule has 324 valence electrons. The Labute approximate surface area is 345 Å². The Morgan fingerprint density at radius 1 is 0.500 bits per heavy atom. The van der Waals surface area contributed by atoms with E-state index in [4.69, 9.17) is 0 Å². The summed E-state index contributed by atoms with van der Waals surface area (Å²) in [5, 5.41) is -0.668. The SMILES string of the molecule is CCCCCc1n(C)cc[n+]1C.CCCCCc1n(C)cc[n+]1C.CCCCCc1n(C)cc[n+]1C.O=S(=O)([O-])c1ccc2c(S(=O)(=O)[O-])cc(S(=O)(=O)[O-])cc2c1. The van der Waals surface area contributed by atoms with Gasteiger partial charge >= 0.3 is 0 Å². The second-order valence-corrected chi connectivity index (χ2v) is 18.5. The third-order valence-corrected chi connectivity index (χ3v) is 12.2. The molecule has 0 fully saturated rings. The number of aryl methyl sites for hydroxylation is 6. The Balaban J connectivity index is 0.000000280. The minimum atomic E-state index is -5.14. The van der Waals surface area contributed by atoms with E-state index in [0.717, 1.165) is 12.1 Å². The molecule has 0 saturated carbocycles. The molecule has 5 rings (SSSR count).